The fraction of sp³-hybridized carbons (Fsp3) is 0.290. The van der Waals surface area contributed by atoms with Crippen molar-refractivity contribution < 1.29 is 14.3 Å². The van der Waals surface area contributed by atoms with Gasteiger partial charge in [-0.05, 0) is 55.2 Å². The Labute approximate surface area is 253 Å². The molecule has 1 amide bonds. The molecular weight excluding hydrogens is 564 g/mol. The van der Waals surface area contributed by atoms with Crippen molar-refractivity contribution in [3.8, 4) is 22.6 Å². The standard InChI is InChI=1S/C31H34N8O3S/c1-37-10-12-38(13-11-37)28-7-6-21(18-34-28)19-4-5-20-15-25(35-23(20)14-19)30(40)33-8-9-39-29(32)22-16-26(41-2)27(42-3)17-24(22)36-31(39)43/h4-7,14-18,32,35H,8-13H2,1-3H3,(H,33,40)(H,36,43). The number of amides is 1. The zero-order chi connectivity index (χ0) is 30.1. The number of carbonyl (C=O) groups excluding carboxylic acids is 1. The molecule has 1 saturated heterocycles. The Morgan fingerprint density at radius 2 is 1.72 bits per heavy atom. The summed E-state index contributed by atoms with van der Waals surface area (Å²) in [6, 6.07) is 15.6. The van der Waals surface area contributed by atoms with Crippen LogP contribution in [-0.4, -0.2) is 84.3 Å². The average Bonchev–Trinajstić information content (AvgIpc) is 3.46. The third kappa shape index (κ3) is 5.71. The molecule has 2 aromatic carbocycles. The van der Waals surface area contributed by atoms with Gasteiger partial charge in [0, 0.05) is 73.4 Å². The summed E-state index contributed by atoms with van der Waals surface area (Å²) in [6.07, 6.45) is 1.91. The van der Waals surface area contributed by atoms with Crippen molar-refractivity contribution in [3.05, 3.63) is 70.7 Å². The molecule has 0 aliphatic carbocycles. The van der Waals surface area contributed by atoms with Gasteiger partial charge in [0.15, 0.2) is 16.3 Å². The van der Waals surface area contributed by atoms with Crippen LogP contribution >= 0.6 is 12.2 Å². The highest BCUT2D eigenvalue weighted by atomic mass is 32.1. The van der Waals surface area contributed by atoms with Gasteiger partial charge in [0.25, 0.3) is 5.91 Å². The molecule has 0 bridgehead atoms. The van der Waals surface area contributed by atoms with Gasteiger partial charge in [-0.2, -0.15) is 0 Å². The van der Waals surface area contributed by atoms with Gasteiger partial charge in [0.05, 0.1) is 19.7 Å². The first kappa shape index (κ1) is 28.4. The lowest BCUT2D eigenvalue weighted by molar-refractivity contribution is 0.0948. The normalized spacial score (nSPS) is 13.9. The minimum absolute atomic E-state index is 0.221. The summed E-state index contributed by atoms with van der Waals surface area (Å²) in [5.74, 6) is 1.84. The lowest BCUT2D eigenvalue weighted by Crippen LogP contribution is -2.44. The van der Waals surface area contributed by atoms with Gasteiger partial charge in [0.1, 0.15) is 17.0 Å². The Hall–Kier alpha value is -4.68. The molecule has 4 heterocycles. The first-order chi connectivity index (χ1) is 20.8. The Bertz CT molecular complexity index is 1920. The molecule has 0 spiro atoms. The lowest BCUT2D eigenvalue weighted by Gasteiger charge is -2.33. The van der Waals surface area contributed by atoms with E-state index < -0.39 is 0 Å². The quantitative estimate of drug-likeness (QED) is 0.200. The molecule has 0 unspecified atom stereocenters. The highest BCUT2D eigenvalue weighted by molar-refractivity contribution is 7.71. The minimum Gasteiger partial charge on any atom is -0.493 e. The van der Waals surface area contributed by atoms with Crippen molar-refractivity contribution in [2.75, 3.05) is 58.9 Å². The first-order valence-corrected chi connectivity index (χ1v) is 14.5. The number of likely N-dealkylation sites (N-methyl/N-ethyl adjacent to an activating group) is 1. The maximum atomic E-state index is 13.0. The molecule has 1 aliphatic heterocycles. The Morgan fingerprint density at radius 3 is 2.44 bits per heavy atom. The number of anilines is 1. The third-order valence-electron chi connectivity index (χ3n) is 7.93. The Morgan fingerprint density at radius 1 is 0.977 bits per heavy atom. The van der Waals surface area contributed by atoms with Crippen molar-refractivity contribution >= 4 is 45.7 Å². The molecule has 11 nitrogen and oxygen atoms in total. The second-order valence-corrected chi connectivity index (χ2v) is 11.0. The number of nitrogens with one attached hydrogen (secondary N) is 4. The maximum absolute atomic E-state index is 13.0. The minimum atomic E-state index is -0.231. The van der Waals surface area contributed by atoms with Gasteiger partial charge in [0.2, 0.25) is 0 Å². The number of nitrogens with zero attached hydrogens (tertiary/aromatic N) is 4. The van der Waals surface area contributed by atoms with E-state index in [0.29, 0.717) is 39.4 Å². The predicted molar refractivity (Wildman–Crippen MR) is 170 cm³/mol. The SMILES string of the molecule is COc1cc2[nH]c(=S)n(CCNC(=O)c3cc4ccc(-c5ccc(N6CCN(C)CC6)nc5)cc4[nH]3)c(=N)c2cc1OC. The monoisotopic (exact) mass is 598 g/mol. The molecule has 0 atom stereocenters. The Balaban J connectivity index is 1.13. The number of pyridine rings is 1. The molecule has 5 aromatic rings. The number of hydrogen-bond acceptors (Lipinski definition) is 8. The maximum Gasteiger partial charge on any atom is 0.267 e. The molecule has 3 aromatic heterocycles. The Kier molecular flexibility index (Phi) is 7.87. The fourth-order valence-electron chi connectivity index (χ4n) is 5.41. The number of fused-ring (bicyclic) bond motifs is 2. The lowest BCUT2D eigenvalue weighted by atomic mass is 10.1. The number of ether oxygens (including phenoxy) is 2. The first-order valence-electron chi connectivity index (χ1n) is 14.1. The van der Waals surface area contributed by atoms with Gasteiger partial charge in [-0.25, -0.2) is 4.98 Å². The van der Waals surface area contributed by atoms with E-state index in [4.69, 9.17) is 32.1 Å². The molecule has 6 rings (SSSR count). The number of rotatable bonds is 8. The van der Waals surface area contributed by atoms with Crippen LogP contribution in [0.15, 0.2) is 54.7 Å². The predicted octanol–water partition coefficient (Wildman–Crippen LogP) is 3.92. The van der Waals surface area contributed by atoms with Gasteiger partial charge in [-0.1, -0.05) is 12.1 Å². The number of methoxy groups -OCH3 is 2. The number of H-pyrrole nitrogens is 2. The van der Waals surface area contributed by atoms with Gasteiger partial charge < -0.3 is 39.1 Å². The van der Waals surface area contributed by atoms with E-state index in [9.17, 15) is 4.79 Å². The molecule has 1 fully saturated rings. The number of benzene rings is 2. The van der Waals surface area contributed by atoms with E-state index in [-0.39, 0.29) is 17.9 Å². The van der Waals surface area contributed by atoms with Crippen LogP contribution in [0.5, 0.6) is 11.5 Å². The summed E-state index contributed by atoms with van der Waals surface area (Å²) in [5.41, 5.74) is 4.28. The van der Waals surface area contributed by atoms with Crippen LogP contribution in [0.2, 0.25) is 0 Å². The molecule has 12 heteroatoms. The van der Waals surface area contributed by atoms with Gasteiger partial charge >= 0.3 is 0 Å². The van der Waals surface area contributed by atoms with Gasteiger partial charge in [-0.15, -0.1) is 0 Å². The van der Waals surface area contributed by atoms with E-state index in [2.05, 4.69) is 44.3 Å². The molecule has 0 radical (unpaired) electrons. The number of aromatic nitrogens is 4. The third-order valence-corrected chi connectivity index (χ3v) is 8.25. The fourth-order valence-corrected chi connectivity index (χ4v) is 5.70. The van der Waals surface area contributed by atoms with Crippen LogP contribution < -0.4 is 25.2 Å². The van der Waals surface area contributed by atoms with Crippen LogP contribution in [-0.2, 0) is 6.54 Å². The average molecular weight is 599 g/mol. The van der Waals surface area contributed by atoms with E-state index in [1.807, 2.05) is 30.5 Å². The topological polar surface area (TPSA) is 127 Å². The molecule has 222 valence electrons. The van der Waals surface area contributed by atoms with Crippen molar-refractivity contribution in [2.45, 2.75) is 6.54 Å². The largest absolute Gasteiger partial charge is 0.493 e. The molecule has 4 N–H and O–H groups in total. The van der Waals surface area contributed by atoms with Crippen molar-refractivity contribution in [3.63, 3.8) is 0 Å². The number of carbonyl (C=O) groups is 1. The van der Waals surface area contributed by atoms with E-state index in [1.54, 1.807) is 30.9 Å². The second kappa shape index (κ2) is 11.9. The van der Waals surface area contributed by atoms with Gasteiger partial charge in [-0.3, -0.25) is 10.2 Å². The smallest absolute Gasteiger partial charge is 0.267 e. The zero-order valence-electron chi connectivity index (χ0n) is 24.4. The van der Waals surface area contributed by atoms with Crippen molar-refractivity contribution in [1.29, 1.82) is 5.41 Å². The molecule has 0 saturated carbocycles. The highest BCUT2D eigenvalue weighted by Crippen LogP contribution is 2.30. The summed E-state index contributed by atoms with van der Waals surface area (Å²) in [4.78, 5) is 28.8. The number of hydrogen-bond donors (Lipinski definition) is 4. The summed E-state index contributed by atoms with van der Waals surface area (Å²) >= 11 is 5.51. The van der Waals surface area contributed by atoms with Crippen LogP contribution in [0.4, 0.5) is 5.82 Å². The molecule has 43 heavy (non-hydrogen) atoms. The summed E-state index contributed by atoms with van der Waals surface area (Å²) in [7, 11) is 5.25. The van der Waals surface area contributed by atoms with Crippen LogP contribution in [0.25, 0.3) is 32.9 Å². The van der Waals surface area contributed by atoms with Crippen molar-refractivity contribution in [1.82, 2.24) is 29.7 Å². The van der Waals surface area contributed by atoms with E-state index >= 15 is 0 Å². The van der Waals surface area contributed by atoms with Crippen molar-refractivity contribution in [2.24, 2.45) is 0 Å². The van der Waals surface area contributed by atoms with Crippen LogP contribution in [0, 0.1) is 10.2 Å². The molecule has 1 aliphatic rings. The zero-order valence-corrected chi connectivity index (χ0v) is 25.2. The van der Waals surface area contributed by atoms with E-state index in [1.165, 1.54) is 0 Å². The number of aromatic amines is 2. The summed E-state index contributed by atoms with van der Waals surface area (Å²) in [5, 5.41) is 13.2. The summed E-state index contributed by atoms with van der Waals surface area (Å²) < 4.78 is 12.8. The van der Waals surface area contributed by atoms with Crippen LogP contribution in [0.1, 0.15) is 10.5 Å². The highest BCUT2D eigenvalue weighted by Gasteiger charge is 2.16. The summed E-state index contributed by atoms with van der Waals surface area (Å²) in [6.45, 7) is 4.64. The second-order valence-electron chi connectivity index (χ2n) is 10.6. The number of piperazine rings is 1. The van der Waals surface area contributed by atoms with Crippen LogP contribution in [0.3, 0.4) is 0 Å². The molecular formula is C31H34N8O3S. The van der Waals surface area contributed by atoms with E-state index in [0.717, 1.165) is 54.0 Å².